The number of hydrogen-bond acceptors (Lipinski definition) is 3. The fourth-order valence-corrected chi connectivity index (χ4v) is 2.86. The molecule has 1 N–H and O–H groups in total. The Morgan fingerprint density at radius 1 is 1.33 bits per heavy atom. The van der Waals surface area contributed by atoms with Crippen molar-refractivity contribution in [2.75, 3.05) is 24.5 Å². The fourth-order valence-electron chi connectivity index (χ4n) is 2.86. The van der Waals surface area contributed by atoms with E-state index >= 15 is 0 Å². The predicted molar refractivity (Wildman–Crippen MR) is 75.5 cm³/mol. The lowest BCUT2D eigenvalue weighted by Gasteiger charge is -2.35. The molecule has 114 valence electrons. The highest BCUT2D eigenvalue weighted by Gasteiger charge is 2.34. The number of piperazine rings is 1. The Labute approximate surface area is 120 Å². The SMILES string of the molecule is CC[C@H]1CN(c2ccc(C(F)(F)F)c3ccoc23)CCN1. The number of hydrogen-bond donors (Lipinski definition) is 1. The molecular formula is C15H17F3N2O. The maximum atomic E-state index is 13.0. The molecule has 6 heteroatoms. The van der Waals surface area contributed by atoms with Crippen LogP contribution >= 0.6 is 0 Å². The summed E-state index contributed by atoms with van der Waals surface area (Å²) >= 11 is 0. The Morgan fingerprint density at radius 2 is 2.14 bits per heavy atom. The first-order chi connectivity index (χ1) is 10.0. The summed E-state index contributed by atoms with van der Waals surface area (Å²) < 4.78 is 44.4. The minimum absolute atomic E-state index is 0.131. The van der Waals surface area contributed by atoms with E-state index in [9.17, 15) is 13.2 Å². The van der Waals surface area contributed by atoms with Crippen LogP contribution < -0.4 is 10.2 Å². The van der Waals surface area contributed by atoms with Gasteiger partial charge in [-0.1, -0.05) is 6.92 Å². The van der Waals surface area contributed by atoms with Gasteiger partial charge in [-0.05, 0) is 24.6 Å². The van der Waals surface area contributed by atoms with Gasteiger partial charge in [-0.15, -0.1) is 0 Å². The Bertz CT molecular complexity index is 635. The highest BCUT2D eigenvalue weighted by Crippen LogP contribution is 2.39. The van der Waals surface area contributed by atoms with E-state index in [2.05, 4.69) is 17.1 Å². The summed E-state index contributed by atoms with van der Waals surface area (Å²) in [6.07, 6.45) is -2.06. The van der Waals surface area contributed by atoms with Crippen molar-refractivity contribution in [2.24, 2.45) is 0 Å². The molecule has 2 heterocycles. The molecule has 1 aromatic heterocycles. The fraction of sp³-hybridized carbons (Fsp3) is 0.467. The van der Waals surface area contributed by atoms with E-state index in [1.807, 2.05) is 0 Å². The van der Waals surface area contributed by atoms with Crippen molar-refractivity contribution < 1.29 is 17.6 Å². The maximum absolute atomic E-state index is 13.0. The molecule has 1 atom stereocenters. The molecule has 3 rings (SSSR count). The van der Waals surface area contributed by atoms with Gasteiger partial charge < -0.3 is 14.6 Å². The monoisotopic (exact) mass is 298 g/mol. The van der Waals surface area contributed by atoms with Gasteiger partial charge in [-0.3, -0.25) is 0 Å². The smallest absolute Gasteiger partial charge is 0.417 e. The van der Waals surface area contributed by atoms with Crippen molar-refractivity contribution in [3.05, 3.63) is 30.0 Å². The quantitative estimate of drug-likeness (QED) is 0.917. The van der Waals surface area contributed by atoms with Crippen LogP contribution in [-0.2, 0) is 6.18 Å². The van der Waals surface area contributed by atoms with E-state index in [-0.39, 0.29) is 5.39 Å². The Balaban J connectivity index is 2.03. The lowest BCUT2D eigenvalue weighted by atomic mass is 10.1. The lowest BCUT2D eigenvalue weighted by molar-refractivity contribution is -0.136. The topological polar surface area (TPSA) is 28.4 Å². The largest absolute Gasteiger partial charge is 0.462 e. The molecule has 1 saturated heterocycles. The number of benzene rings is 1. The normalized spacial score (nSPS) is 20.2. The van der Waals surface area contributed by atoms with E-state index in [1.165, 1.54) is 18.4 Å². The molecule has 0 unspecified atom stereocenters. The summed E-state index contributed by atoms with van der Waals surface area (Å²) in [5.41, 5.74) is 0.418. The van der Waals surface area contributed by atoms with E-state index in [1.54, 1.807) is 0 Å². The van der Waals surface area contributed by atoms with Crippen LogP contribution in [0.1, 0.15) is 18.9 Å². The molecule has 0 saturated carbocycles. The Hall–Kier alpha value is -1.69. The molecule has 21 heavy (non-hydrogen) atoms. The predicted octanol–water partition coefficient (Wildman–Crippen LogP) is 3.64. The molecule has 2 aromatic rings. The number of rotatable bonds is 2. The minimum Gasteiger partial charge on any atom is -0.462 e. The summed E-state index contributed by atoms with van der Waals surface area (Å²) in [7, 11) is 0. The molecule has 0 radical (unpaired) electrons. The second-order valence-corrected chi connectivity index (χ2v) is 5.30. The molecule has 0 bridgehead atoms. The van der Waals surface area contributed by atoms with Gasteiger partial charge in [0, 0.05) is 31.1 Å². The van der Waals surface area contributed by atoms with Crippen LogP contribution in [0.25, 0.3) is 11.0 Å². The highest BCUT2D eigenvalue weighted by atomic mass is 19.4. The summed E-state index contributed by atoms with van der Waals surface area (Å²) in [4.78, 5) is 2.09. The molecule has 1 aliphatic rings. The first-order valence-electron chi connectivity index (χ1n) is 7.06. The molecule has 3 nitrogen and oxygen atoms in total. The summed E-state index contributed by atoms with van der Waals surface area (Å²) in [5.74, 6) is 0. The second kappa shape index (κ2) is 5.26. The molecule has 0 amide bonds. The third-order valence-corrected chi connectivity index (χ3v) is 3.99. The summed E-state index contributed by atoms with van der Waals surface area (Å²) in [6.45, 7) is 4.45. The van der Waals surface area contributed by atoms with E-state index in [0.717, 1.165) is 37.8 Å². The van der Waals surface area contributed by atoms with Crippen LogP contribution in [0, 0.1) is 0 Å². The average Bonchev–Trinajstić information content (AvgIpc) is 2.94. The van der Waals surface area contributed by atoms with E-state index in [0.29, 0.717) is 11.6 Å². The van der Waals surface area contributed by atoms with Crippen molar-refractivity contribution in [3.8, 4) is 0 Å². The van der Waals surface area contributed by atoms with Crippen LogP contribution in [0.4, 0.5) is 18.9 Å². The van der Waals surface area contributed by atoms with Gasteiger partial charge in [-0.25, -0.2) is 0 Å². The lowest BCUT2D eigenvalue weighted by Crippen LogP contribution is -2.50. The van der Waals surface area contributed by atoms with Crippen molar-refractivity contribution in [1.29, 1.82) is 0 Å². The van der Waals surface area contributed by atoms with Crippen molar-refractivity contribution >= 4 is 16.7 Å². The van der Waals surface area contributed by atoms with Gasteiger partial charge in [0.05, 0.1) is 17.5 Å². The zero-order chi connectivity index (χ0) is 15.0. The molecule has 0 spiro atoms. The number of nitrogens with one attached hydrogen (secondary N) is 1. The van der Waals surface area contributed by atoms with E-state index < -0.39 is 11.7 Å². The molecule has 1 fully saturated rings. The molecule has 0 aliphatic carbocycles. The number of nitrogens with zero attached hydrogens (tertiary/aromatic N) is 1. The van der Waals surface area contributed by atoms with Crippen LogP contribution in [0.15, 0.2) is 28.9 Å². The van der Waals surface area contributed by atoms with Gasteiger partial charge in [0.15, 0.2) is 5.58 Å². The first kappa shape index (κ1) is 14.3. The Kier molecular flexibility index (Phi) is 3.57. The first-order valence-corrected chi connectivity index (χ1v) is 7.06. The van der Waals surface area contributed by atoms with Crippen LogP contribution in [0.5, 0.6) is 0 Å². The summed E-state index contributed by atoms with van der Waals surface area (Å²) in [6, 6.07) is 4.41. The van der Waals surface area contributed by atoms with Gasteiger partial charge >= 0.3 is 6.18 Å². The number of fused-ring (bicyclic) bond motifs is 1. The molecular weight excluding hydrogens is 281 g/mol. The van der Waals surface area contributed by atoms with Gasteiger partial charge in [0.25, 0.3) is 0 Å². The minimum atomic E-state index is -4.37. The number of furan rings is 1. The van der Waals surface area contributed by atoms with Crippen molar-refractivity contribution in [1.82, 2.24) is 5.32 Å². The number of halogens is 3. The third kappa shape index (κ3) is 2.60. The standard InChI is InChI=1S/C15H17F3N2O/c1-2-10-9-20(7-6-19-10)13-4-3-12(15(16,17)18)11-5-8-21-14(11)13/h3-5,8,10,19H,2,6-7,9H2,1H3/t10-/m0/s1. The molecule has 1 aromatic carbocycles. The van der Waals surface area contributed by atoms with Gasteiger partial charge in [0.1, 0.15) is 0 Å². The Morgan fingerprint density at radius 3 is 2.86 bits per heavy atom. The van der Waals surface area contributed by atoms with Crippen LogP contribution in [0.2, 0.25) is 0 Å². The average molecular weight is 298 g/mol. The molecule has 1 aliphatic heterocycles. The van der Waals surface area contributed by atoms with Crippen LogP contribution in [-0.4, -0.2) is 25.7 Å². The van der Waals surface area contributed by atoms with Crippen molar-refractivity contribution in [3.63, 3.8) is 0 Å². The second-order valence-electron chi connectivity index (χ2n) is 5.30. The third-order valence-electron chi connectivity index (χ3n) is 3.99. The van der Waals surface area contributed by atoms with Gasteiger partial charge in [0.2, 0.25) is 0 Å². The maximum Gasteiger partial charge on any atom is 0.417 e. The van der Waals surface area contributed by atoms with E-state index in [4.69, 9.17) is 4.42 Å². The zero-order valence-corrected chi connectivity index (χ0v) is 11.7. The van der Waals surface area contributed by atoms with Crippen LogP contribution in [0.3, 0.4) is 0 Å². The number of anilines is 1. The van der Waals surface area contributed by atoms with Crippen molar-refractivity contribution in [2.45, 2.75) is 25.6 Å². The zero-order valence-electron chi connectivity index (χ0n) is 11.7. The number of alkyl halides is 3. The summed E-state index contributed by atoms with van der Waals surface area (Å²) in [5, 5.41) is 3.52. The highest BCUT2D eigenvalue weighted by molar-refractivity contribution is 5.92. The van der Waals surface area contributed by atoms with Gasteiger partial charge in [-0.2, -0.15) is 13.2 Å².